The average Bonchev–Trinajstić information content (AvgIpc) is 2.88. The van der Waals surface area contributed by atoms with Crippen molar-refractivity contribution in [3.63, 3.8) is 0 Å². The molecule has 0 radical (unpaired) electrons. The van der Waals surface area contributed by atoms with E-state index in [-0.39, 0.29) is 28.4 Å². The monoisotopic (exact) mass is 465 g/mol. The van der Waals surface area contributed by atoms with Gasteiger partial charge in [0, 0.05) is 24.2 Å². The lowest BCUT2D eigenvalue weighted by molar-refractivity contribution is -0.384. The maximum absolute atomic E-state index is 13.5. The molecule has 1 unspecified atom stereocenters. The normalized spacial score (nSPS) is 17.0. The molecule has 0 aliphatic carbocycles. The molecule has 1 heterocycles. The number of anilines is 2. The third kappa shape index (κ3) is 4.46. The second kappa shape index (κ2) is 8.83. The van der Waals surface area contributed by atoms with Crippen LogP contribution in [0, 0.1) is 10.1 Å². The highest BCUT2D eigenvalue weighted by Crippen LogP contribution is 2.40. The Labute approximate surface area is 189 Å². The standard InChI is InChI=1S/C23H19N3O6S/c27-22(24-17-9-6-10-18(13-17)26(29)30)15-25-19-11-4-5-12-20(19)33(31,32)21(14-23(25)28)16-7-2-1-3-8-16/h1-13,21H,14-15H2,(H,24,27). The minimum Gasteiger partial charge on any atom is -0.324 e. The predicted octanol–water partition coefficient (Wildman–Crippen LogP) is 3.49. The van der Waals surface area contributed by atoms with E-state index in [0.29, 0.717) is 5.56 Å². The number of rotatable bonds is 5. The lowest BCUT2D eigenvalue weighted by Gasteiger charge is -2.21. The lowest BCUT2D eigenvalue weighted by atomic mass is 10.1. The van der Waals surface area contributed by atoms with Crippen LogP contribution in [0.25, 0.3) is 0 Å². The molecule has 0 saturated heterocycles. The number of non-ortho nitro benzene ring substituents is 1. The van der Waals surface area contributed by atoms with Crippen LogP contribution in [0.5, 0.6) is 0 Å². The van der Waals surface area contributed by atoms with Gasteiger partial charge in [-0.15, -0.1) is 0 Å². The van der Waals surface area contributed by atoms with Crippen molar-refractivity contribution in [1.82, 2.24) is 0 Å². The van der Waals surface area contributed by atoms with Crippen molar-refractivity contribution in [3.05, 3.63) is 94.5 Å². The topological polar surface area (TPSA) is 127 Å². The maximum Gasteiger partial charge on any atom is 0.271 e. The van der Waals surface area contributed by atoms with E-state index in [2.05, 4.69) is 5.32 Å². The van der Waals surface area contributed by atoms with Crippen LogP contribution in [0.1, 0.15) is 17.2 Å². The van der Waals surface area contributed by atoms with Crippen molar-refractivity contribution in [1.29, 1.82) is 0 Å². The summed E-state index contributed by atoms with van der Waals surface area (Å²) in [6.45, 7) is -0.449. The van der Waals surface area contributed by atoms with Crippen LogP contribution in [0.4, 0.5) is 17.1 Å². The van der Waals surface area contributed by atoms with Gasteiger partial charge in [0.1, 0.15) is 6.54 Å². The van der Waals surface area contributed by atoms with Crippen molar-refractivity contribution in [2.24, 2.45) is 0 Å². The maximum atomic E-state index is 13.5. The summed E-state index contributed by atoms with van der Waals surface area (Å²) < 4.78 is 26.9. The number of para-hydroxylation sites is 1. The Morgan fingerprint density at radius 2 is 1.73 bits per heavy atom. The molecule has 10 heteroatoms. The molecule has 1 atom stereocenters. The zero-order chi connectivity index (χ0) is 23.6. The molecule has 1 aliphatic rings. The van der Waals surface area contributed by atoms with Crippen LogP contribution in [0.3, 0.4) is 0 Å². The van der Waals surface area contributed by atoms with Gasteiger partial charge in [0.25, 0.3) is 5.69 Å². The van der Waals surface area contributed by atoms with Crippen LogP contribution in [0.2, 0.25) is 0 Å². The van der Waals surface area contributed by atoms with Gasteiger partial charge in [-0.2, -0.15) is 0 Å². The zero-order valence-corrected chi connectivity index (χ0v) is 18.1. The third-order valence-corrected chi connectivity index (χ3v) is 7.46. The van der Waals surface area contributed by atoms with Gasteiger partial charge in [-0.25, -0.2) is 8.42 Å². The lowest BCUT2D eigenvalue weighted by Crippen LogP contribution is -2.38. The molecule has 168 valence electrons. The van der Waals surface area contributed by atoms with E-state index in [1.165, 1.54) is 36.4 Å². The molecular weight excluding hydrogens is 446 g/mol. The van der Waals surface area contributed by atoms with Crippen LogP contribution in [0.15, 0.2) is 83.8 Å². The minimum atomic E-state index is -3.92. The second-order valence-electron chi connectivity index (χ2n) is 7.45. The number of hydrogen-bond donors (Lipinski definition) is 1. The number of nitrogens with zero attached hydrogens (tertiary/aromatic N) is 2. The summed E-state index contributed by atoms with van der Waals surface area (Å²) in [5.41, 5.74) is 0.610. The Hall–Kier alpha value is -4.05. The van der Waals surface area contributed by atoms with Gasteiger partial charge in [-0.1, -0.05) is 48.5 Å². The van der Waals surface area contributed by atoms with Crippen molar-refractivity contribution in [3.8, 4) is 0 Å². The summed E-state index contributed by atoms with van der Waals surface area (Å²) in [7, 11) is -3.92. The molecule has 33 heavy (non-hydrogen) atoms. The van der Waals surface area contributed by atoms with Crippen molar-refractivity contribution < 1.29 is 22.9 Å². The quantitative estimate of drug-likeness (QED) is 0.454. The molecule has 3 aromatic rings. The summed E-state index contributed by atoms with van der Waals surface area (Å²) in [5.74, 6) is -1.14. The van der Waals surface area contributed by atoms with E-state index in [9.17, 15) is 28.1 Å². The Morgan fingerprint density at radius 3 is 2.45 bits per heavy atom. The fourth-order valence-electron chi connectivity index (χ4n) is 3.77. The van der Waals surface area contributed by atoms with Crippen molar-refractivity contribution in [2.75, 3.05) is 16.8 Å². The van der Waals surface area contributed by atoms with Gasteiger partial charge in [0.05, 0.1) is 20.8 Å². The fraction of sp³-hybridized carbons (Fsp3) is 0.130. The highest BCUT2D eigenvalue weighted by molar-refractivity contribution is 7.92. The highest BCUT2D eigenvalue weighted by atomic mass is 32.2. The third-order valence-electron chi connectivity index (χ3n) is 5.31. The largest absolute Gasteiger partial charge is 0.324 e. The Kier molecular flexibility index (Phi) is 5.93. The molecule has 0 aromatic heterocycles. The number of amides is 2. The van der Waals surface area contributed by atoms with Crippen LogP contribution in [-0.4, -0.2) is 31.7 Å². The fourth-order valence-corrected chi connectivity index (χ4v) is 5.69. The molecule has 0 bridgehead atoms. The van der Waals surface area contributed by atoms with Crippen molar-refractivity contribution >= 4 is 38.7 Å². The van der Waals surface area contributed by atoms with E-state index in [1.807, 2.05) is 0 Å². The summed E-state index contributed by atoms with van der Waals surface area (Å²) in [4.78, 5) is 37.4. The van der Waals surface area contributed by atoms with E-state index in [0.717, 1.165) is 4.90 Å². The number of carbonyl (C=O) groups is 2. The summed E-state index contributed by atoms with van der Waals surface area (Å²) >= 11 is 0. The number of nitro groups is 1. The summed E-state index contributed by atoms with van der Waals surface area (Å²) in [6, 6.07) is 19.9. The number of hydrogen-bond acceptors (Lipinski definition) is 6. The molecule has 1 aliphatic heterocycles. The molecule has 0 fully saturated rings. The Bertz CT molecular complexity index is 1340. The molecule has 0 spiro atoms. The van der Waals surface area contributed by atoms with Gasteiger partial charge < -0.3 is 10.2 Å². The van der Waals surface area contributed by atoms with E-state index in [4.69, 9.17) is 0 Å². The SMILES string of the molecule is O=C(CN1C(=O)CC(c2ccccc2)S(=O)(=O)c2ccccc21)Nc1cccc([N+](=O)[O-])c1. The molecule has 1 N–H and O–H groups in total. The molecule has 4 rings (SSSR count). The summed E-state index contributed by atoms with van der Waals surface area (Å²) in [5, 5.41) is 12.4. The molecule has 2 amide bonds. The van der Waals surface area contributed by atoms with Gasteiger partial charge in [-0.3, -0.25) is 19.7 Å². The van der Waals surface area contributed by atoms with Gasteiger partial charge in [0.15, 0.2) is 9.84 Å². The number of benzene rings is 3. The number of fused-ring (bicyclic) bond motifs is 1. The predicted molar refractivity (Wildman–Crippen MR) is 122 cm³/mol. The van der Waals surface area contributed by atoms with Crippen LogP contribution < -0.4 is 10.2 Å². The molecular formula is C23H19N3O6S. The van der Waals surface area contributed by atoms with Crippen LogP contribution in [-0.2, 0) is 19.4 Å². The Morgan fingerprint density at radius 1 is 1.03 bits per heavy atom. The number of nitro benzene ring substituents is 1. The first-order valence-electron chi connectivity index (χ1n) is 10.00. The first kappa shape index (κ1) is 22.2. The molecule has 9 nitrogen and oxygen atoms in total. The summed E-state index contributed by atoms with van der Waals surface area (Å²) in [6.07, 6.45) is -0.328. The van der Waals surface area contributed by atoms with E-state index in [1.54, 1.807) is 42.5 Å². The van der Waals surface area contributed by atoms with Gasteiger partial charge in [0.2, 0.25) is 11.8 Å². The van der Waals surface area contributed by atoms with Gasteiger partial charge >= 0.3 is 0 Å². The van der Waals surface area contributed by atoms with E-state index < -0.39 is 38.4 Å². The van der Waals surface area contributed by atoms with Crippen molar-refractivity contribution in [2.45, 2.75) is 16.6 Å². The minimum absolute atomic E-state index is 0.0344. The first-order chi connectivity index (χ1) is 15.8. The number of sulfone groups is 1. The van der Waals surface area contributed by atoms with Crippen LogP contribution >= 0.6 is 0 Å². The average molecular weight is 465 g/mol. The highest BCUT2D eigenvalue weighted by Gasteiger charge is 2.39. The number of carbonyl (C=O) groups excluding carboxylic acids is 2. The first-order valence-corrected chi connectivity index (χ1v) is 11.5. The van der Waals surface area contributed by atoms with E-state index >= 15 is 0 Å². The second-order valence-corrected chi connectivity index (χ2v) is 9.55. The zero-order valence-electron chi connectivity index (χ0n) is 17.2. The molecule has 0 saturated carbocycles. The smallest absolute Gasteiger partial charge is 0.271 e. The molecule has 3 aromatic carbocycles. The number of nitrogens with one attached hydrogen (secondary N) is 1. The van der Waals surface area contributed by atoms with Gasteiger partial charge in [-0.05, 0) is 23.8 Å². The Balaban J connectivity index is 1.67.